The quantitative estimate of drug-likeness (QED) is 0.316. The van der Waals surface area contributed by atoms with E-state index in [2.05, 4.69) is 20.6 Å². The van der Waals surface area contributed by atoms with E-state index in [0.29, 0.717) is 52.4 Å². The molecule has 9 heteroatoms. The Morgan fingerprint density at radius 2 is 1.83 bits per heavy atom. The van der Waals surface area contributed by atoms with Gasteiger partial charge in [0.1, 0.15) is 29.5 Å². The number of carbonyl (C=O) groups is 2. The summed E-state index contributed by atoms with van der Waals surface area (Å²) in [5, 5.41) is 6.60. The lowest BCUT2D eigenvalue weighted by atomic mass is 10.1. The second kappa shape index (κ2) is 10.5. The van der Waals surface area contributed by atoms with E-state index < -0.39 is 5.82 Å². The number of anilines is 3. The molecule has 2 N–H and O–H groups in total. The molecule has 7 nitrogen and oxygen atoms in total. The molecule has 3 aromatic carbocycles. The molecular weight excluding hydrogens is 471 g/mol. The molecule has 4 aromatic rings. The minimum atomic E-state index is -0.523. The lowest BCUT2D eigenvalue weighted by Gasteiger charge is -2.15. The van der Waals surface area contributed by atoms with E-state index in [1.54, 1.807) is 42.5 Å². The summed E-state index contributed by atoms with van der Waals surface area (Å²) in [6.07, 6.45) is 1.71. The van der Waals surface area contributed by atoms with Crippen molar-refractivity contribution in [1.82, 2.24) is 9.97 Å². The van der Waals surface area contributed by atoms with Crippen LogP contribution in [-0.2, 0) is 11.2 Å². The number of ketones is 1. The molecule has 35 heavy (non-hydrogen) atoms. The van der Waals surface area contributed by atoms with Gasteiger partial charge in [-0.15, -0.1) is 0 Å². The SMILES string of the molecule is CCOc1cc2ncnc(Nc3ccc(F)c(Cl)c3)c2cc1NC(=O)c1ccc(CC(C)=O)cc1. The summed E-state index contributed by atoms with van der Waals surface area (Å²) in [6, 6.07) is 14.5. The average molecular weight is 493 g/mol. The first-order chi connectivity index (χ1) is 16.8. The number of hydrogen-bond acceptors (Lipinski definition) is 6. The van der Waals surface area contributed by atoms with Gasteiger partial charge in [0.05, 0.1) is 22.8 Å². The topological polar surface area (TPSA) is 93.2 Å². The lowest BCUT2D eigenvalue weighted by Crippen LogP contribution is -2.13. The third-order valence-corrected chi connectivity index (χ3v) is 5.43. The van der Waals surface area contributed by atoms with Crippen LogP contribution in [0.25, 0.3) is 10.9 Å². The maximum atomic E-state index is 13.5. The van der Waals surface area contributed by atoms with Crippen LogP contribution in [0.15, 0.2) is 60.9 Å². The number of rotatable bonds is 8. The number of halogens is 2. The van der Waals surface area contributed by atoms with Crippen LogP contribution in [0, 0.1) is 5.82 Å². The number of Topliss-reactive ketones (excluding diaryl/α,β-unsaturated/α-hetero) is 1. The molecule has 0 spiro atoms. The van der Waals surface area contributed by atoms with Gasteiger partial charge in [-0.3, -0.25) is 9.59 Å². The van der Waals surface area contributed by atoms with Crippen LogP contribution >= 0.6 is 11.6 Å². The van der Waals surface area contributed by atoms with Gasteiger partial charge in [0.25, 0.3) is 5.91 Å². The van der Waals surface area contributed by atoms with E-state index in [-0.39, 0.29) is 16.7 Å². The zero-order valence-electron chi connectivity index (χ0n) is 19.1. The highest BCUT2D eigenvalue weighted by atomic mass is 35.5. The van der Waals surface area contributed by atoms with Crippen LogP contribution in [0.3, 0.4) is 0 Å². The maximum Gasteiger partial charge on any atom is 0.255 e. The average Bonchev–Trinajstić information content (AvgIpc) is 2.82. The first-order valence-electron chi connectivity index (χ1n) is 10.9. The fourth-order valence-electron chi connectivity index (χ4n) is 3.52. The highest BCUT2D eigenvalue weighted by Crippen LogP contribution is 2.34. The van der Waals surface area contributed by atoms with Crippen molar-refractivity contribution in [2.75, 3.05) is 17.2 Å². The Hall–Kier alpha value is -4.04. The third-order valence-electron chi connectivity index (χ3n) is 5.14. The molecule has 0 atom stereocenters. The molecule has 1 heterocycles. The number of amides is 1. The van der Waals surface area contributed by atoms with Gasteiger partial charge in [0.15, 0.2) is 0 Å². The first kappa shape index (κ1) is 24.1. The molecule has 4 rings (SSSR count). The fraction of sp³-hybridized carbons (Fsp3) is 0.154. The fourth-order valence-corrected chi connectivity index (χ4v) is 3.70. The number of aromatic nitrogens is 2. The molecule has 0 aliphatic rings. The van der Waals surface area contributed by atoms with Crippen molar-refractivity contribution in [2.24, 2.45) is 0 Å². The Kier molecular flexibility index (Phi) is 7.22. The second-order valence-corrected chi connectivity index (χ2v) is 8.21. The molecule has 0 radical (unpaired) electrons. The van der Waals surface area contributed by atoms with Crippen molar-refractivity contribution in [1.29, 1.82) is 0 Å². The number of fused-ring (bicyclic) bond motifs is 1. The van der Waals surface area contributed by atoms with Crippen molar-refractivity contribution in [3.8, 4) is 5.75 Å². The highest BCUT2D eigenvalue weighted by molar-refractivity contribution is 6.31. The molecule has 0 unspecified atom stereocenters. The summed E-state index contributed by atoms with van der Waals surface area (Å²) in [6.45, 7) is 3.75. The van der Waals surface area contributed by atoms with Gasteiger partial charge < -0.3 is 15.4 Å². The van der Waals surface area contributed by atoms with Gasteiger partial charge in [-0.2, -0.15) is 0 Å². The minimum absolute atomic E-state index is 0.0192. The van der Waals surface area contributed by atoms with Crippen LogP contribution < -0.4 is 15.4 Å². The van der Waals surface area contributed by atoms with Crippen LogP contribution in [0.5, 0.6) is 5.75 Å². The summed E-state index contributed by atoms with van der Waals surface area (Å²) >= 11 is 5.90. The van der Waals surface area contributed by atoms with Crippen LogP contribution in [-0.4, -0.2) is 28.3 Å². The van der Waals surface area contributed by atoms with E-state index in [1.165, 1.54) is 25.4 Å². The summed E-state index contributed by atoms with van der Waals surface area (Å²) in [5.74, 6) is 0.0943. The maximum absolute atomic E-state index is 13.5. The number of nitrogens with one attached hydrogen (secondary N) is 2. The third kappa shape index (κ3) is 5.73. The van der Waals surface area contributed by atoms with Crippen molar-refractivity contribution in [3.05, 3.63) is 82.9 Å². The van der Waals surface area contributed by atoms with Gasteiger partial charge >= 0.3 is 0 Å². The van der Waals surface area contributed by atoms with Crippen molar-refractivity contribution >= 4 is 51.4 Å². The smallest absolute Gasteiger partial charge is 0.255 e. The van der Waals surface area contributed by atoms with E-state index in [9.17, 15) is 14.0 Å². The van der Waals surface area contributed by atoms with Gasteiger partial charge in [-0.25, -0.2) is 14.4 Å². The van der Waals surface area contributed by atoms with Crippen LogP contribution in [0.4, 0.5) is 21.6 Å². The molecule has 0 saturated heterocycles. The summed E-state index contributed by atoms with van der Waals surface area (Å²) < 4.78 is 19.3. The van der Waals surface area contributed by atoms with Crippen molar-refractivity contribution in [3.63, 3.8) is 0 Å². The van der Waals surface area contributed by atoms with E-state index in [0.717, 1.165) is 5.56 Å². The normalized spacial score (nSPS) is 10.7. The largest absolute Gasteiger partial charge is 0.492 e. The summed E-state index contributed by atoms with van der Waals surface area (Å²) in [5.41, 5.74) is 2.84. The van der Waals surface area contributed by atoms with Gasteiger partial charge in [0, 0.05) is 29.1 Å². The molecule has 0 saturated carbocycles. The number of ether oxygens (including phenoxy) is 1. The molecule has 178 valence electrons. The molecule has 1 amide bonds. The Labute approximate surface area is 206 Å². The molecule has 0 fully saturated rings. The van der Waals surface area contributed by atoms with Crippen molar-refractivity contribution in [2.45, 2.75) is 20.3 Å². The lowest BCUT2D eigenvalue weighted by molar-refractivity contribution is -0.116. The molecule has 0 aliphatic heterocycles. The summed E-state index contributed by atoms with van der Waals surface area (Å²) in [7, 11) is 0. The number of benzene rings is 3. The zero-order valence-corrected chi connectivity index (χ0v) is 19.8. The van der Waals surface area contributed by atoms with Crippen LogP contribution in [0.1, 0.15) is 29.8 Å². The van der Waals surface area contributed by atoms with E-state index in [4.69, 9.17) is 16.3 Å². The Bertz CT molecular complexity index is 1410. The van der Waals surface area contributed by atoms with Gasteiger partial charge in [0.2, 0.25) is 0 Å². The standard InChI is InChI=1S/C26H22ClFN4O3/c1-3-35-24-13-22-19(25(30-14-29-22)31-18-8-9-21(28)20(27)11-18)12-23(24)32-26(34)17-6-4-16(5-7-17)10-15(2)33/h4-9,11-14H,3,10H2,1-2H3,(H,32,34)(H,29,30,31). The Morgan fingerprint density at radius 1 is 1.06 bits per heavy atom. The minimum Gasteiger partial charge on any atom is -0.492 e. The second-order valence-electron chi connectivity index (χ2n) is 7.80. The predicted octanol–water partition coefficient (Wildman–Crippen LogP) is 5.95. The van der Waals surface area contributed by atoms with Crippen molar-refractivity contribution < 1.29 is 18.7 Å². The predicted molar refractivity (Wildman–Crippen MR) is 134 cm³/mol. The van der Waals surface area contributed by atoms with E-state index in [1.807, 2.05) is 6.92 Å². The number of carbonyl (C=O) groups excluding carboxylic acids is 2. The van der Waals surface area contributed by atoms with Crippen LogP contribution in [0.2, 0.25) is 5.02 Å². The van der Waals surface area contributed by atoms with Gasteiger partial charge in [-0.05, 0) is 55.8 Å². The molecular formula is C26H22ClFN4O3. The first-order valence-corrected chi connectivity index (χ1v) is 11.2. The Balaban J connectivity index is 1.67. The molecule has 1 aromatic heterocycles. The monoisotopic (exact) mass is 492 g/mol. The zero-order chi connectivity index (χ0) is 24.9. The number of nitrogens with zero attached hydrogens (tertiary/aromatic N) is 2. The summed E-state index contributed by atoms with van der Waals surface area (Å²) in [4.78, 5) is 32.9. The Morgan fingerprint density at radius 3 is 2.51 bits per heavy atom. The van der Waals surface area contributed by atoms with Gasteiger partial charge in [-0.1, -0.05) is 23.7 Å². The van der Waals surface area contributed by atoms with E-state index >= 15 is 0 Å². The molecule has 0 aliphatic carbocycles. The molecule has 0 bridgehead atoms. The number of hydrogen-bond donors (Lipinski definition) is 2. The highest BCUT2D eigenvalue weighted by Gasteiger charge is 2.15.